The first-order valence-corrected chi connectivity index (χ1v) is 8.33. The summed E-state index contributed by atoms with van der Waals surface area (Å²) in [6.45, 7) is 3.87. The van der Waals surface area contributed by atoms with Gasteiger partial charge in [-0.2, -0.15) is 4.98 Å². The van der Waals surface area contributed by atoms with E-state index in [-0.39, 0.29) is 12.2 Å². The number of ether oxygens (including phenoxy) is 3. The number of nitrogens with zero attached hydrogens (tertiary/aromatic N) is 2. The first-order chi connectivity index (χ1) is 13.1. The maximum atomic E-state index is 13.9. The van der Waals surface area contributed by atoms with Crippen molar-refractivity contribution in [1.82, 2.24) is 9.55 Å². The van der Waals surface area contributed by atoms with E-state index in [0.29, 0.717) is 0 Å². The van der Waals surface area contributed by atoms with E-state index in [0.717, 1.165) is 24.6 Å². The molecule has 1 aliphatic heterocycles. The topological polar surface area (TPSA) is 140 Å². The summed E-state index contributed by atoms with van der Waals surface area (Å²) in [5.74, 6) is -3.43. The fourth-order valence-electron chi connectivity index (χ4n) is 2.84. The molecule has 1 aliphatic rings. The van der Waals surface area contributed by atoms with Crippen LogP contribution in [0.1, 0.15) is 33.4 Å². The van der Waals surface area contributed by atoms with Gasteiger partial charge in [0.05, 0.1) is 6.20 Å². The Labute approximate surface area is 159 Å². The molecule has 0 unspecified atom stereocenters. The second-order valence-corrected chi connectivity index (χ2v) is 6.05. The quantitative estimate of drug-likeness (QED) is 0.529. The van der Waals surface area contributed by atoms with E-state index in [1.54, 1.807) is 6.92 Å². The zero-order chi connectivity index (χ0) is 21.0. The van der Waals surface area contributed by atoms with Crippen molar-refractivity contribution in [1.29, 1.82) is 0 Å². The Kier molecular flexibility index (Phi) is 6.62. The van der Waals surface area contributed by atoms with Gasteiger partial charge in [-0.25, -0.2) is 9.18 Å². The number of aromatic nitrogens is 2. The van der Waals surface area contributed by atoms with Crippen molar-refractivity contribution in [2.24, 2.45) is 0 Å². The molecule has 0 saturated carbocycles. The number of allylic oxidation sites excluding steroid dienone is 2. The van der Waals surface area contributed by atoms with Gasteiger partial charge in [0.2, 0.25) is 0 Å². The summed E-state index contributed by atoms with van der Waals surface area (Å²) in [6.07, 6.45) is -1.62. The summed E-state index contributed by atoms with van der Waals surface area (Å²) in [4.78, 5) is 50.6. The number of ketones is 1. The van der Waals surface area contributed by atoms with Gasteiger partial charge < -0.3 is 19.9 Å². The number of halogens is 1. The Balaban J connectivity index is 2.49. The Morgan fingerprint density at radius 1 is 1.29 bits per heavy atom. The lowest BCUT2D eigenvalue weighted by Crippen LogP contribution is -2.41. The first-order valence-electron chi connectivity index (χ1n) is 8.33. The van der Waals surface area contributed by atoms with Crippen LogP contribution in [0.5, 0.6) is 0 Å². The average Bonchev–Trinajstić information content (AvgIpc) is 2.87. The molecule has 4 atom stereocenters. The van der Waals surface area contributed by atoms with Crippen LogP contribution in [0.3, 0.4) is 0 Å². The lowest BCUT2D eigenvalue weighted by Gasteiger charge is -2.23. The van der Waals surface area contributed by atoms with Crippen LogP contribution in [0.2, 0.25) is 0 Å². The fourth-order valence-corrected chi connectivity index (χ4v) is 2.84. The maximum Gasteiger partial charge on any atom is 0.351 e. The summed E-state index contributed by atoms with van der Waals surface area (Å²) in [6, 6.07) is 0. The molecule has 10 nitrogen and oxygen atoms in total. The molecule has 11 heteroatoms. The minimum Gasteiger partial charge on any atom is -0.456 e. The van der Waals surface area contributed by atoms with Crippen LogP contribution < -0.4 is 11.4 Å². The Hall–Kier alpha value is -3.08. The number of anilines is 1. The van der Waals surface area contributed by atoms with Crippen LogP contribution in [0.15, 0.2) is 23.1 Å². The monoisotopic (exact) mass is 397 g/mol. The van der Waals surface area contributed by atoms with Crippen LogP contribution in [-0.2, 0) is 28.6 Å². The summed E-state index contributed by atoms with van der Waals surface area (Å²) in [5, 5.41) is 0. The standard InChI is InChI=1S/C17H20FN3O7/c1-4-5-10(24)6-12-13(26-8(2)22)14(27-9(3)23)16(28-12)21-7-11(18)15(19)20-17(21)25/h4-5,7,12-14,16H,6H2,1-3H3,(H2,19,20,25)/b5-4+/t12-,13-,14-,16-/m1/s1. The highest BCUT2D eigenvalue weighted by Gasteiger charge is 2.50. The molecule has 1 aromatic rings. The number of esters is 2. The zero-order valence-electron chi connectivity index (χ0n) is 15.5. The molecule has 2 N–H and O–H groups in total. The highest BCUT2D eigenvalue weighted by atomic mass is 19.1. The lowest BCUT2D eigenvalue weighted by molar-refractivity contribution is -0.165. The smallest absolute Gasteiger partial charge is 0.351 e. The van der Waals surface area contributed by atoms with Crippen LogP contribution >= 0.6 is 0 Å². The third kappa shape index (κ3) is 4.80. The predicted molar refractivity (Wildman–Crippen MR) is 92.3 cm³/mol. The summed E-state index contributed by atoms with van der Waals surface area (Å²) in [7, 11) is 0. The summed E-state index contributed by atoms with van der Waals surface area (Å²) in [5.41, 5.74) is 4.31. The van der Waals surface area contributed by atoms with Crippen molar-refractivity contribution in [3.8, 4) is 0 Å². The third-order valence-corrected chi connectivity index (χ3v) is 3.85. The zero-order valence-corrected chi connectivity index (χ0v) is 15.5. The maximum absolute atomic E-state index is 13.9. The highest BCUT2D eigenvalue weighted by Crippen LogP contribution is 2.35. The number of hydrogen-bond acceptors (Lipinski definition) is 9. The largest absolute Gasteiger partial charge is 0.456 e. The molecule has 1 saturated heterocycles. The summed E-state index contributed by atoms with van der Waals surface area (Å²) >= 11 is 0. The van der Waals surface area contributed by atoms with Gasteiger partial charge in [0, 0.05) is 20.3 Å². The van der Waals surface area contributed by atoms with E-state index < -0.39 is 53.8 Å². The number of nitrogen functional groups attached to an aromatic ring is 1. The predicted octanol–water partition coefficient (Wildman–Crippen LogP) is 0.261. The molecule has 1 aromatic heterocycles. The van der Waals surface area contributed by atoms with Gasteiger partial charge >= 0.3 is 17.6 Å². The van der Waals surface area contributed by atoms with Crippen molar-refractivity contribution in [2.45, 2.75) is 51.7 Å². The Morgan fingerprint density at radius 3 is 2.46 bits per heavy atom. The van der Waals surface area contributed by atoms with Crippen LogP contribution in [0, 0.1) is 5.82 Å². The molecular formula is C17H20FN3O7. The van der Waals surface area contributed by atoms with E-state index in [2.05, 4.69) is 4.98 Å². The van der Waals surface area contributed by atoms with Crippen LogP contribution in [-0.4, -0.2) is 45.6 Å². The number of carbonyl (C=O) groups excluding carboxylic acids is 3. The van der Waals surface area contributed by atoms with Crippen molar-refractivity contribution >= 4 is 23.5 Å². The first kappa shape index (κ1) is 21.2. The number of rotatable bonds is 6. The van der Waals surface area contributed by atoms with E-state index in [1.807, 2.05) is 0 Å². The van der Waals surface area contributed by atoms with Gasteiger partial charge in [0.1, 0.15) is 6.10 Å². The molecule has 0 radical (unpaired) electrons. The fraction of sp³-hybridized carbons (Fsp3) is 0.471. The Bertz CT molecular complexity index is 867. The number of hydrogen-bond donors (Lipinski definition) is 1. The van der Waals surface area contributed by atoms with Crippen molar-refractivity contribution in [3.05, 3.63) is 34.7 Å². The minimum absolute atomic E-state index is 0.226. The molecule has 152 valence electrons. The summed E-state index contributed by atoms with van der Waals surface area (Å²) < 4.78 is 30.6. The Morgan fingerprint density at radius 2 is 1.89 bits per heavy atom. The second-order valence-electron chi connectivity index (χ2n) is 6.05. The molecule has 0 spiro atoms. The molecule has 0 bridgehead atoms. The minimum atomic E-state index is -1.38. The molecule has 2 heterocycles. The highest BCUT2D eigenvalue weighted by molar-refractivity contribution is 5.90. The van der Waals surface area contributed by atoms with Crippen LogP contribution in [0.25, 0.3) is 0 Å². The van der Waals surface area contributed by atoms with Gasteiger partial charge in [0.15, 0.2) is 35.9 Å². The van der Waals surface area contributed by atoms with Gasteiger partial charge in [-0.3, -0.25) is 19.0 Å². The van der Waals surface area contributed by atoms with Crippen LogP contribution in [0.4, 0.5) is 10.2 Å². The van der Waals surface area contributed by atoms with Crippen molar-refractivity contribution < 1.29 is 33.0 Å². The molecule has 2 rings (SSSR count). The number of nitrogens with two attached hydrogens (primary N) is 1. The van der Waals surface area contributed by atoms with E-state index in [1.165, 1.54) is 12.2 Å². The number of carbonyl (C=O) groups is 3. The second kappa shape index (κ2) is 8.74. The van der Waals surface area contributed by atoms with E-state index >= 15 is 0 Å². The molecule has 1 fully saturated rings. The molecule has 28 heavy (non-hydrogen) atoms. The van der Waals surface area contributed by atoms with Gasteiger partial charge in [-0.05, 0) is 13.0 Å². The lowest BCUT2D eigenvalue weighted by atomic mass is 10.0. The van der Waals surface area contributed by atoms with Crippen molar-refractivity contribution in [3.63, 3.8) is 0 Å². The molecule has 0 aliphatic carbocycles. The SMILES string of the molecule is C/C=C/C(=O)C[C@H]1O[C@@H](n2cc(F)c(N)nc2=O)[C@H](OC(C)=O)[C@@H]1OC(C)=O. The normalized spacial score (nSPS) is 24.3. The molecule has 0 aromatic carbocycles. The third-order valence-electron chi connectivity index (χ3n) is 3.85. The van der Waals surface area contributed by atoms with Gasteiger partial charge in [-0.15, -0.1) is 0 Å². The average molecular weight is 397 g/mol. The van der Waals surface area contributed by atoms with Crippen molar-refractivity contribution in [2.75, 3.05) is 5.73 Å². The van der Waals surface area contributed by atoms with E-state index in [9.17, 15) is 23.6 Å². The van der Waals surface area contributed by atoms with Gasteiger partial charge in [-0.1, -0.05) is 6.08 Å². The van der Waals surface area contributed by atoms with Gasteiger partial charge in [0.25, 0.3) is 0 Å². The molecular weight excluding hydrogens is 377 g/mol. The van der Waals surface area contributed by atoms with E-state index in [4.69, 9.17) is 19.9 Å². The molecule has 0 amide bonds.